The van der Waals surface area contributed by atoms with Crippen molar-refractivity contribution in [3.63, 3.8) is 0 Å². The number of hydrogen-bond acceptors (Lipinski definition) is 4. The standard InChI is InChI=1S/C16H26NO.C14H17NO5/c1-4-14(2)16-7-5-15(6-8-16)13-17(3)9-11-18-12-10-17;1-4-14(2,3)13(20)15-10-7-8(11(16)17)5-6-9(10)12(18)19/h5-8,14H,4,9-13H2,1-3H3;5-7H,4H2,1-3H3,(H,15,20)(H,16,17)(H,18,19)/q+1;. The molecule has 1 unspecified atom stereocenters. The number of morpholine rings is 1. The first-order valence-corrected chi connectivity index (χ1v) is 13.2. The van der Waals surface area contributed by atoms with Crippen LogP contribution in [-0.2, 0) is 16.1 Å². The van der Waals surface area contributed by atoms with Gasteiger partial charge in [-0.25, -0.2) is 9.59 Å². The summed E-state index contributed by atoms with van der Waals surface area (Å²) >= 11 is 0. The monoisotopic (exact) mass is 527 g/mol. The highest BCUT2D eigenvalue weighted by molar-refractivity contribution is 6.03. The van der Waals surface area contributed by atoms with E-state index in [1.807, 2.05) is 6.92 Å². The molecule has 38 heavy (non-hydrogen) atoms. The van der Waals surface area contributed by atoms with Gasteiger partial charge in [0, 0.05) is 11.0 Å². The van der Waals surface area contributed by atoms with Gasteiger partial charge in [-0.1, -0.05) is 58.9 Å². The number of rotatable bonds is 9. The summed E-state index contributed by atoms with van der Waals surface area (Å²) in [5.41, 5.74) is 2.01. The van der Waals surface area contributed by atoms with E-state index in [2.05, 4.69) is 50.5 Å². The van der Waals surface area contributed by atoms with E-state index in [4.69, 9.17) is 14.9 Å². The molecule has 0 saturated carbocycles. The Kier molecular flexibility index (Phi) is 11.0. The van der Waals surface area contributed by atoms with Crippen LogP contribution < -0.4 is 5.32 Å². The van der Waals surface area contributed by atoms with Crippen molar-refractivity contribution < 1.29 is 33.8 Å². The number of benzene rings is 2. The first-order chi connectivity index (χ1) is 17.8. The number of amides is 1. The van der Waals surface area contributed by atoms with Crippen LogP contribution in [0, 0.1) is 5.41 Å². The Bertz CT molecular complexity index is 1100. The van der Waals surface area contributed by atoms with Crippen molar-refractivity contribution >= 4 is 23.5 Å². The molecular weight excluding hydrogens is 484 g/mol. The van der Waals surface area contributed by atoms with Crippen LogP contribution in [0.2, 0.25) is 0 Å². The molecule has 1 saturated heterocycles. The largest absolute Gasteiger partial charge is 0.478 e. The number of hydrogen-bond donors (Lipinski definition) is 3. The number of carbonyl (C=O) groups excluding carboxylic acids is 1. The highest BCUT2D eigenvalue weighted by Crippen LogP contribution is 2.25. The lowest BCUT2D eigenvalue weighted by Crippen LogP contribution is -2.51. The third kappa shape index (κ3) is 8.67. The van der Waals surface area contributed by atoms with E-state index in [0.29, 0.717) is 12.3 Å². The van der Waals surface area contributed by atoms with E-state index < -0.39 is 17.4 Å². The minimum absolute atomic E-state index is 0.0103. The third-order valence-corrected chi connectivity index (χ3v) is 7.52. The lowest BCUT2D eigenvalue weighted by Gasteiger charge is -2.37. The fourth-order valence-corrected chi connectivity index (χ4v) is 3.99. The quantitative estimate of drug-likeness (QED) is 0.364. The normalized spacial score (nSPS) is 15.5. The molecule has 208 valence electrons. The van der Waals surface area contributed by atoms with Crippen LogP contribution >= 0.6 is 0 Å². The van der Waals surface area contributed by atoms with Crippen LogP contribution in [0.3, 0.4) is 0 Å². The molecule has 8 heteroatoms. The van der Waals surface area contributed by atoms with Gasteiger partial charge in [0.25, 0.3) is 0 Å². The summed E-state index contributed by atoms with van der Waals surface area (Å²) in [6.07, 6.45) is 1.78. The Hall–Kier alpha value is -3.23. The number of carbonyl (C=O) groups is 3. The SMILES string of the molecule is CCC(C)(C)C(=O)Nc1cc(C(=O)O)ccc1C(=O)O.CCC(C)c1ccc(C[N+]2(C)CCOCC2)cc1. The fraction of sp³-hybridized carbons (Fsp3) is 0.500. The fourth-order valence-electron chi connectivity index (χ4n) is 3.99. The summed E-state index contributed by atoms with van der Waals surface area (Å²) in [5, 5.41) is 20.5. The molecule has 1 aliphatic heterocycles. The maximum Gasteiger partial charge on any atom is 0.337 e. The van der Waals surface area contributed by atoms with Gasteiger partial charge in [-0.15, -0.1) is 0 Å². The second-order valence-electron chi connectivity index (χ2n) is 11.0. The van der Waals surface area contributed by atoms with Gasteiger partial charge in [0.1, 0.15) is 19.6 Å². The number of ether oxygens (including phenoxy) is 1. The van der Waals surface area contributed by atoms with Crippen LogP contribution in [0.15, 0.2) is 42.5 Å². The van der Waals surface area contributed by atoms with Crippen molar-refractivity contribution in [2.24, 2.45) is 5.41 Å². The summed E-state index contributed by atoms with van der Waals surface area (Å²) < 4.78 is 6.57. The number of carboxylic acids is 2. The topological polar surface area (TPSA) is 113 Å². The summed E-state index contributed by atoms with van der Waals surface area (Å²) in [5.74, 6) is -2.10. The van der Waals surface area contributed by atoms with Crippen molar-refractivity contribution in [3.8, 4) is 0 Å². The van der Waals surface area contributed by atoms with Crippen LogP contribution in [-0.4, -0.2) is 65.9 Å². The van der Waals surface area contributed by atoms with E-state index in [1.54, 1.807) is 13.8 Å². The lowest BCUT2D eigenvalue weighted by molar-refractivity contribution is -0.929. The number of likely N-dealkylation sites (N-methyl/N-ethyl adjacent to an activating group) is 1. The lowest BCUT2D eigenvalue weighted by atomic mass is 9.89. The maximum absolute atomic E-state index is 12.1. The number of carboxylic acid groups (broad SMARTS) is 2. The number of aromatic carboxylic acids is 2. The summed E-state index contributed by atoms with van der Waals surface area (Å²) in [6.45, 7) is 15.0. The Labute approximate surface area is 226 Å². The van der Waals surface area contributed by atoms with E-state index in [-0.39, 0.29) is 22.7 Å². The van der Waals surface area contributed by atoms with Crippen molar-refractivity contribution in [1.82, 2.24) is 0 Å². The molecule has 0 aliphatic carbocycles. The zero-order valence-electron chi connectivity index (χ0n) is 23.5. The van der Waals surface area contributed by atoms with Gasteiger partial charge in [-0.05, 0) is 42.5 Å². The van der Waals surface area contributed by atoms with Gasteiger partial charge in [-0.3, -0.25) is 4.79 Å². The van der Waals surface area contributed by atoms with Crippen LogP contribution in [0.4, 0.5) is 5.69 Å². The zero-order valence-corrected chi connectivity index (χ0v) is 23.5. The number of anilines is 1. The summed E-state index contributed by atoms with van der Waals surface area (Å²) in [4.78, 5) is 34.1. The molecular formula is C30H43N2O6+. The third-order valence-electron chi connectivity index (χ3n) is 7.52. The smallest absolute Gasteiger partial charge is 0.337 e. The number of quaternary nitrogens is 1. The zero-order chi connectivity index (χ0) is 28.5. The number of nitrogens with one attached hydrogen (secondary N) is 1. The first kappa shape index (κ1) is 31.0. The second kappa shape index (κ2) is 13.5. The molecule has 0 spiro atoms. The van der Waals surface area contributed by atoms with E-state index in [1.165, 1.54) is 29.7 Å². The average molecular weight is 528 g/mol. The predicted octanol–water partition coefficient (Wildman–Crippen LogP) is 5.63. The van der Waals surface area contributed by atoms with Gasteiger partial charge >= 0.3 is 11.9 Å². The predicted molar refractivity (Wildman–Crippen MR) is 149 cm³/mol. The van der Waals surface area contributed by atoms with Crippen molar-refractivity contribution in [2.45, 2.75) is 59.9 Å². The Morgan fingerprint density at radius 3 is 2.11 bits per heavy atom. The minimum Gasteiger partial charge on any atom is -0.478 e. The first-order valence-electron chi connectivity index (χ1n) is 13.2. The molecule has 1 fully saturated rings. The van der Waals surface area contributed by atoms with Gasteiger partial charge < -0.3 is 24.7 Å². The molecule has 8 nitrogen and oxygen atoms in total. The summed E-state index contributed by atoms with van der Waals surface area (Å²) in [6, 6.07) is 12.7. The molecule has 1 heterocycles. The van der Waals surface area contributed by atoms with Gasteiger partial charge in [0.2, 0.25) is 5.91 Å². The van der Waals surface area contributed by atoms with Crippen LogP contribution in [0.25, 0.3) is 0 Å². The van der Waals surface area contributed by atoms with Crippen molar-refractivity contribution in [3.05, 3.63) is 64.7 Å². The maximum atomic E-state index is 12.1. The van der Waals surface area contributed by atoms with Crippen molar-refractivity contribution in [1.29, 1.82) is 0 Å². The van der Waals surface area contributed by atoms with Crippen molar-refractivity contribution in [2.75, 3.05) is 38.7 Å². The Morgan fingerprint density at radius 1 is 1.00 bits per heavy atom. The van der Waals surface area contributed by atoms with Gasteiger partial charge in [-0.2, -0.15) is 0 Å². The summed E-state index contributed by atoms with van der Waals surface area (Å²) in [7, 11) is 2.34. The average Bonchev–Trinajstić information content (AvgIpc) is 2.89. The molecule has 1 atom stereocenters. The molecule has 0 radical (unpaired) electrons. The molecule has 0 bridgehead atoms. The molecule has 1 aliphatic rings. The van der Waals surface area contributed by atoms with E-state index in [0.717, 1.165) is 43.4 Å². The Morgan fingerprint density at radius 2 is 1.61 bits per heavy atom. The highest BCUT2D eigenvalue weighted by atomic mass is 16.5. The van der Waals surface area contributed by atoms with Crippen LogP contribution in [0.1, 0.15) is 85.2 Å². The highest BCUT2D eigenvalue weighted by Gasteiger charge is 2.27. The minimum atomic E-state index is -1.23. The Balaban J connectivity index is 0.000000268. The molecule has 3 N–H and O–H groups in total. The second-order valence-corrected chi connectivity index (χ2v) is 11.0. The number of nitrogens with zero attached hydrogens (tertiary/aromatic N) is 1. The van der Waals surface area contributed by atoms with Crippen LogP contribution in [0.5, 0.6) is 0 Å². The molecule has 2 aromatic carbocycles. The molecule has 0 aromatic heterocycles. The molecule has 2 aromatic rings. The van der Waals surface area contributed by atoms with E-state index in [9.17, 15) is 14.4 Å². The van der Waals surface area contributed by atoms with E-state index >= 15 is 0 Å². The molecule has 3 rings (SSSR count). The van der Waals surface area contributed by atoms with Gasteiger partial charge in [0.15, 0.2) is 0 Å². The van der Waals surface area contributed by atoms with Gasteiger partial charge in [0.05, 0.1) is 37.1 Å². The molecule has 1 amide bonds.